The lowest BCUT2D eigenvalue weighted by Crippen LogP contribution is -2.16. The molecule has 0 saturated heterocycles. The lowest BCUT2D eigenvalue weighted by molar-refractivity contribution is -0.120. The van der Waals surface area contributed by atoms with E-state index in [2.05, 4.69) is 4.74 Å². The second-order valence-corrected chi connectivity index (χ2v) is 5.15. The molecular weight excluding hydrogens is 224 g/mol. The Hall–Kier alpha value is -1.00. The van der Waals surface area contributed by atoms with Crippen LogP contribution in [0.5, 0.6) is 0 Å². The van der Waals surface area contributed by atoms with Crippen LogP contribution in [-0.2, 0) is 26.1 Å². The third-order valence-electron chi connectivity index (χ3n) is 2.04. The van der Waals surface area contributed by atoms with Crippen molar-refractivity contribution in [2.75, 3.05) is 19.5 Å². The van der Waals surface area contributed by atoms with Gasteiger partial charge < -0.3 is 4.74 Å². The molecule has 0 radical (unpaired) electrons. The predicted molar refractivity (Wildman–Crippen MR) is 64.8 cm³/mol. The van der Waals surface area contributed by atoms with E-state index in [0.29, 0.717) is 5.75 Å². The second-order valence-electron chi connectivity index (χ2n) is 3.69. The number of ether oxygens (including phenoxy) is 1. The highest BCUT2D eigenvalue weighted by molar-refractivity contribution is 7.84. The van der Waals surface area contributed by atoms with Crippen LogP contribution in [0.15, 0.2) is 24.3 Å². The summed E-state index contributed by atoms with van der Waals surface area (Å²) in [6.07, 6.45) is 0. The summed E-state index contributed by atoms with van der Waals surface area (Å²) in [6, 6.07) is 7.83. The van der Waals surface area contributed by atoms with E-state index in [-0.39, 0.29) is 18.1 Å². The molecule has 1 unspecified atom stereocenters. The number of carbonyl (C=O) groups excluding carboxylic acids is 1. The van der Waals surface area contributed by atoms with Crippen LogP contribution >= 0.6 is 0 Å². The largest absolute Gasteiger partial charge is 0.377 e. The Labute approximate surface area is 98.3 Å². The molecule has 0 aliphatic carbocycles. The number of aryl methyl sites for hydroxylation is 1. The van der Waals surface area contributed by atoms with E-state index in [0.717, 1.165) is 11.1 Å². The summed E-state index contributed by atoms with van der Waals surface area (Å²) in [5.41, 5.74) is 2.14. The first-order valence-electron chi connectivity index (χ1n) is 5.03. The molecule has 0 fully saturated rings. The Morgan fingerprint density at radius 3 is 2.81 bits per heavy atom. The van der Waals surface area contributed by atoms with Crippen molar-refractivity contribution in [3.05, 3.63) is 35.4 Å². The molecule has 0 heterocycles. The van der Waals surface area contributed by atoms with Crippen molar-refractivity contribution in [1.82, 2.24) is 0 Å². The zero-order valence-electron chi connectivity index (χ0n) is 9.56. The summed E-state index contributed by atoms with van der Waals surface area (Å²) >= 11 is 0. The molecule has 0 aliphatic heterocycles. The lowest BCUT2D eigenvalue weighted by Gasteiger charge is -2.03. The maximum Gasteiger partial charge on any atom is 0.170 e. The van der Waals surface area contributed by atoms with Gasteiger partial charge in [0.1, 0.15) is 6.61 Å². The van der Waals surface area contributed by atoms with Crippen molar-refractivity contribution in [2.45, 2.75) is 12.7 Å². The molecule has 0 saturated carbocycles. The maximum absolute atomic E-state index is 11.6. The predicted octanol–water partition coefficient (Wildman–Crippen LogP) is 1.46. The average molecular weight is 240 g/mol. The van der Waals surface area contributed by atoms with Gasteiger partial charge in [-0.25, -0.2) is 0 Å². The Kier molecular flexibility index (Phi) is 5.35. The fraction of sp³-hybridized carbons (Fsp3) is 0.417. The SMILES string of the molecule is COCC(=O)CS(=O)Cc1cccc(C)c1. The second kappa shape index (κ2) is 6.55. The van der Waals surface area contributed by atoms with Gasteiger partial charge in [0.05, 0.1) is 5.75 Å². The molecule has 0 N–H and O–H groups in total. The van der Waals surface area contributed by atoms with Crippen LogP contribution in [-0.4, -0.2) is 29.5 Å². The first-order valence-corrected chi connectivity index (χ1v) is 6.52. The maximum atomic E-state index is 11.6. The van der Waals surface area contributed by atoms with E-state index in [1.165, 1.54) is 7.11 Å². The van der Waals surface area contributed by atoms with Crippen molar-refractivity contribution in [1.29, 1.82) is 0 Å². The molecule has 3 nitrogen and oxygen atoms in total. The van der Waals surface area contributed by atoms with Crippen LogP contribution in [0.2, 0.25) is 0 Å². The molecule has 4 heteroatoms. The highest BCUT2D eigenvalue weighted by Gasteiger charge is 2.08. The van der Waals surface area contributed by atoms with Crippen LogP contribution < -0.4 is 0 Å². The van der Waals surface area contributed by atoms with Crippen LogP contribution in [0.1, 0.15) is 11.1 Å². The molecule has 0 bridgehead atoms. The zero-order chi connectivity index (χ0) is 12.0. The zero-order valence-corrected chi connectivity index (χ0v) is 10.4. The van der Waals surface area contributed by atoms with Crippen LogP contribution in [0, 0.1) is 6.92 Å². The normalized spacial score (nSPS) is 12.4. The molecule has 1 rings (SSSR count). The van der Waals surface area contributed by atoms with Crippen LogP contribution in [0.25, 0.3) is 0 Å². The molecule has 0 amide bonds. The third-order valence-corrected chi connectivity index (χ3v) is 3.34. The summed E-state index contributed by atoms with van der Waals surface area (Å²) in [4.78, 5) is 11.2. The number of benzene rings is 1. The highest BCUT2D eigenvalue weighted by Crippen LogP contribution is 2.06. The fourth-order valence-corrected chi connectivity index (χ4v) is 2.52. The van der Waals surface area contributed by atoms with Gasteiger partial charge in [0.25, 0.3) is 0 Å². The minimum absolute atomic E-state index is 0.0412. The molecule has 1 atom stereocenters. The van der Waals surface area contributed by atoms with Gasteiger partial charge in [0.2, 0.25) is 0 Å². The molecule has 0 spiro atoms. The summed E-state index contributed by atoms with van der Waals surface area (Å²) in [7, 11) is 0.319. The monoisotopic (exact) mass is 240 g/mol. The van der Waals surface area contributed by atoms with Gasteiger partial charge in [0, 0.05) is 23.7 Å². The lowest BCUT2D eigenvalue weighted by atomic mass is 10.2. The number of rotatable bonds is 6. The summed E-state index contributed by atoms with van der Waals surface area (Å²) in [5.74, 6) is 0.382. The first kappa shape index (κ1) is 13.1. The standard InChI is InChI=1S/C12H16O3S/c1-10-4-3-5-11(6-10)8-16(14)9-12(13)7-15-2/h3-6H,7-9H2,1-2H3. The summed E-state index contributed by atoms with van der Waals surface area (Å²) in [6.45, 7) is 2.03. The van der Waals surface area contributed by atoms with Crippen LogP contribution in [0.3, 0.4) is 0 Å². The molecule has 0 aliphatic rings. The molecule has 1 aromatic rings. The van der Waals surface area contributed by atoms with Crippen molar-refractivity contribution in [2.24, 2.45) is 0 Å². The quantitative estimate of drug-likeness (QED) is 0.756. The van der Waals surface area contributed by atoms with Gasteiger partial charge in [-0.05, 0) is 12.5 Å². The van der Waals surface area contributed by atoms with Crippen molar-refractivity contribution in [3.63, 3.8) is 0 Å². The molecular formula is C12H16O3S. The van der Waals surface area contributed by atoms with Crippen molar-refractivity contribution < 1.29 is 13.7 Å². The van der Waals surface area contributed by atoms with E-state index < -0.39 is 10.8 Å². The van der Waals surface area contributed by atoms with Crippen molar-refractivity contribution in [3.8, 4) is 0 Å². The number of Topliss-reactive ketones (excluding diaryl/α,β-unsaturated/α-hetero) is 1. The Morgan fingerprint density at radius 1 is 1.44 bits per heavy atom. The molecule has 88 valence electrons. The van der Waals surface area contributed by atoms with E-state index in [1.807, 2.05) is 31.2 Å². The Balaban J connectivity index is 2.48. The van der Waals surface area contributed by atoms with Gasteiger partial charge in [0.15, 0.2) is 5.78 Å². The first-order chi connectivity index (χ1) is 7.61. The number of methoxy groups -OCH3 is 1. The van der Waals surface area contributed by atoms with E-state index >= 15 is 0 Å². The highest BCUT2D eigenvalue weighted by atomic mass is 32.2. The molecule has 16 heavy (non-hydrogen) atoms. The number of hydrogen-bond donors (Lipinski definition) is 0. The fourth-order valence-electron chi connectivity index (χ4n) is 1.42. The smallest absolute Gasteiger partial charge is 0.170 e. The van der Waals surface area contributed by atoms with Gasteiger partial charge in [-0.15, -0.1) is 0 Å². The summed E-state index contributed by atoms with van der Waals surface area (Å²) < 4.78 is 16.3. The van der Waals surface area contributed by atoms with Crippen LogP contribution in [0.4, 0.5) is 0 Å². The number of carbonyl (C=O) groups is 1. The average Bonchev–Trinajstić information content (AvgIpc) is 2.17. The molecule has 0 aromatic heterocycles. The van der Waals surface area contributed by atoms with Gasteiger partial charge in [-0.1, -0.05) is 29.8 Å². The Bertz CT molecular complexity index is 388. The number of ketones is 1. The minimum Gasteiger partial charge on any atom is -0.377 e. The summed E-state index contributed by atoms with van der Waals surface area (Å²) in [5, 5.41) is 0. The third kappa shape index (κ3) is 4.68. The van der Waals surface area contributed by atoms with Gasteiger partial charge in [-0.3, -0.25) is 9.00 Å². The van der Waals surface area contributed by atoms with Crippen molar-refractivity contribution >= 4 is 16.6 Å². The van der Waals surface area contributed by atoms with E-state index in [4.69, 9.17) is 0 Å². The minimum atomic E-state index is -1.14. The molecule has 1 aromatic carbocycles. The van der Waals surface area contributed by atoms with E-state index in [1.54, 1.807) is 0 Å². The van der Waals surface area contributed by atoms with E-state index in [9.17, 15) is 9.00 Å². The Morgan fingerprint density at radius 2 is 2.19 bits per heavy atom. The topological polar surface area (TPSA) is 43.4 Å². The van der Waals surface area contributed by atoms with Gasteiger partial charge >= 0.3 is 0 Å². The van der Waals surface area contributed by atoms with Gasteiger partial charge in [-0.2, -0.15) is 0 Å². The number of hydrogen-bond acceptors (Lipinski definition) is 3.